The van der Waals surface area contributed by atoms with Gasteiger partial charge in [0.15, 0.2) is 0 Å². The summed E-state index contributed by atoms with van der Waals surface area (Å²) in [6, 6.07) is 5.54. The molecule has 0 spiro atoms. The summed E-state index contributed by atoms with van der Waals surface area (Å²) in [7, 11) is 1.44. The van der Waals surface area contributed by atoms with E-state index in [1.807, 2.05) is 0 Å². The topological polar surface area (TPSA) is 122 Å². The molecule has 0 bridgehead atoms. The van der Waals surface area contributed by atoms with Crippen molar-refractivity contribution < 1.29 is 18.7 Å². The normalized spacial score (nSPS) is 15.8. The number of carbonyl (C=O) groups excluding carboxylic acids is 2. The van der Waals surface area contributed by atoms with Gasteiger partial charge in [-0.05, 0) is 12.1 Å². The fourth-order valence-corrected chi connectivity index (χ4v) is 2.92. The van der Waals surface area contributed by atoms with E-state index in [9.17, 15) is 23.6 Å². The molecule has 2 heterocycles. The van der Waals surface area contributed by atoms with Gasteiger partial charge in [0.25, 0.3) is 5.56 Å². The fraction of sp³-hybridized carbons (Fsp3) is 0.294. The Kier molecular flexibility index (Phi) is 5.17. The van der Waals surface area contributed by atoms with Crippen LogP contribution in [-0.4, -0.2) is 35.1 Å². The van der Waals surface area contributed by atoms with Crippen molar-refractivity contribution in [2.45, 2.75) is 18.9 Å². The van der Waals surface area contributed by atoms with Crippen LogP contribution in [0.4, 0.5) is 15.9 Å². The number of nitrogens with one attached hydrogen (secondary N) is 3. The summed E-state index contributed by atoms with van der Waals surface area (Å²) >= 11 is 0. The Hall–Kier alpha value is -3.27. The second-order valence-electron chi connectivity index (χ2n) is 5.94. The average Bonchev–Trinajstić information content (AvgIpc) is 2.62. The number of methoxy groups -OCH3 is 1. The molecule has 0 fully saturated rings. The molecule has 1 aliphatic heterocycles. The number of rotatable bonds is 5. The summed E-state index contributed by atoms with van der Waals surface area (Å²) in [4.78, 5) is 51.3. The minimum Gasteiger partial charge on any atom is -0.383 e. The molecule has 1 aromatic heterocycles. The highest BCUT2D eigenvalue weighted by molar-refractivity contribution is 6.04. The van der Waals surface area contributed by atoms with Gasteiger partial charge in [0.2, 0.25) is 11.8 Å². The number of hydrogen-bond acceptors (Lipinski definition) is 5. The first kappa shape index (κ1) is 18.5. The molecule has 1 unspecified atom stereocenters. The highest BCUT2D eigenvalue weighted by Gasteiger charge is 2.35. The summed E-state index contributed by atoms with van der Waals surface area (Å²) in [5.41, 5.74) is -1.64. The van der Waals surface area contributed by atoms with Crippen molar-refractivity contribution in [1.29, 1.82) is 0 Å². The van der Waals surface area contributed by atoms with E-state index in [0.29, 0.717) is 0 Å². The van der Waals surface area contributed by atoms with Crippen molar-refractivity contribution in [2.75, 3.05) is 24.4 Å². The van der Waals surface area contributed by atoms with Crippen molar-refractivity contribution in [3.63, 3.8) is 0 Å². The summed E-state index contributed by atoms with van der Waals surface area (Å²) in [6.07, 6.45) is -0.307. The predicted molar refractivity (Wildman–Crippen MR) is 94.2 cm³/mol. The van der Waals surface area contributed by atoms with Gasteiger partial charge in [-0.15, -0.1) is 0 Å². The van der Waals surface area contributed by atoms with Gasteiger partial charge in [-0.2, -0.15) is 0 Å². The van der Waals surface area contributed by atoms with E-state index >= 15 is 0 Å². The highest BCUT2D eigenvalue weighted by Crippen LogP contribution is 2.30. The van der Waals surface area contributed by atoms with Crippen LogP contribution in [0.1, 0.15) is 17.9 Å². The molecule has 10 heteroatoms. The molecule has 9 nitrogen and oxygen atoms in total. The summed E-state index contributed by atoms with van der Waals surface area (Å²) in [5.74, 6) is -3.13. The van der Waals surface area contributed by atoms with Crippen LogP contribution in [0.15, 0.2) is 33.9 Å². The van der Waals surface area contributed by atoms with E-state index < -0.39 is 34.8 Å². The average molecular weight is 376 g/mol. The molecule has 1 aliphatic rings. The smallest absolute Gasteiger partial charge is 0.330 e. The first-order valence-electron chi connectivity index (χ1n) is 8.13. The molecule has 142 valence electrons. The van der Waals surface area contributed by atoms with Gasteiger partial charge in [0.1, 0.15) is 11.6 Å². The maximum atomic E-state index is 13.8. The van der Waals surface area contributed by atoms with Crippen molar-refractivity contribution in [3.8, 4) is 0 Å². The second kappa shape index (κ2) is 7.54. The fourth-order valence-electron chi connectivity index (χ4n) is 2.92. The molecule has 1 aromatic carbocycles. The number of aromatic amines is 1. The van der Waals surface area contributed by atoms with Crippen molar-refractivity contribution in [1.82, 2.24) is 9.55 Å². The van der Waals surface area contributed by atoms with Gasteiger partial charge < -0.3 is 15.4 Å². The molecule has 2 amide bonds. The van der Waals surface area contributed by atoms with Gasteiger partial charge in [0, 0.05) is 13.5 Å². The zero-order valence-corrected chi connectivity index (χ0v) is 14.4. The Morgan fingerprint density at radius 3 is 2.78 bits per heavy atom. The lowest BCUT2D eigenvalue weighted by atomic mass is 9.92. The summed E-state index contributed by atoms with van der Waals surface area (Å²) in [6.45, 7) is 0.219. The van der Waals surface area contributed by atoms with Crippen LogP contribution in [0.25, 0.3) is 0 Å². The lowest BCUT2D eigenvalue weighted by molar-refractivity contribution is -0.123. The Morgan fingerprint density at radius 2 is 2.07 bits per heavy atom. The Balaban J connectivity index is 2.04. The van der Waals surface area contributed by atoms with E-state index in [1.165, 1.54) is 31.4 Å². The first-order chi connectivity index (χ1) is 12.9. The maximum Gasteiger partial charge on any atom is 0.330 e. The van der Waals surface area contributed by atoms with E-state index in [4.69, 9.17) is 4.74 Å². The molecule has 3 N–H and O–H groups in total. The number of amides is 2. The molecular formula is C17H17FN4O5. The van der Waals surface area contributed by atoms with E-state index in [2.05, 4.69) is 15.6 Å². The predicted octanol–water partition coefficient (Wildman–Crippen LogP) is 0.387. The minimum atomic E-state index is -1.17. The standard InChI is InChI=1S/C17H17FN4O5/c1-27-7-6-22-14-13(16(25)21-17(22)26)9(8-12(23)20-14)15(24)19-11-5-3-2-4-10(11)18/h2-5,9H,6-8H2,1H3,(H,19,24)(H,20,23)(H,21,25,26). The highest BCUT2D eigenvalue weighted by atomic mass is 19.1. The lowest BCUT2D eigenvalue weighted by Gasteiger charge is -2.26. The molecule has 1 atom stereocenters. The third kappa shape index (κ3) is 3.65. The number of para-hydroxylation sites is 1. The number of halogens is 1. The van der Waals surface area contributed by atoms with Crippen LogP contribution >= 0.6 is 0 Å². The van der Waals surface area contributed by atoms with E-state index in [0.717, 1.165) is 4.57 Å². The number of benzene rings is 1. The molecule has 0 aliphatic carbocycles. The van der Waals surface area contributed by atoms with Crippen molar-refractivity contribution in [3.05, 3.63) is 56.5 Å². The van der Waals surface area contributed by atoms with Crippen LogP contribution in [0.2, 0.25) is 0 Å². The molecule has 0 radical (unpaired) electrons. The Morgan fingerprint density at radius 1 is 1.33 bits per heavy atom. The van der Waals surface area contributed by atoms with Crippen LogP contribution in [0.5, 0.6) is 0 Å². The molecule has 3 rings (SSSR count). The van der Waals surface area contributed by atoms with Crippen molar-refractivity contribution in [2.24, 2.45) is 0 Å². The lowest BCUT2D eigenvalue weighted by Crippen LogP contribution is -2.43. The molecule has 0 saturated heterocycles. The molecule has 0 saturated carbocycles. The van der Waals surface area contributed by atoms with Gasteiger partial charge in [-0.25, -0.2) is 9.18 Å². The quantitative estimate of drug-likeness (QED) is 0.697. The second-order valence-corrected chi connectivity index (χ2v) is 5.94. The monoisotopic (exact) mass is 376 g/mol. The number of ether oxygens (including phenoxy) is 1. The number of nitrogens with zero attached hydrogens (tertiary/aromatic N) is 1. The molecule has 2 aromatic rings. The largest absolute Gasteiger partial charge is 0.383 e. The number of anilines is 2. The Labute approximate surface area is 152 Å². The van der Waals surface area contributed by atoms with Gasteiger partial charge in [0.05, 0.1) is 30.3 Å². The Bertz CT molecular complexity index is 1010. The maximum absolute atomic E-state index is 13.8. The SMILES string of the molecule is COCCn1c2c(c(=O)[nH]c1=O)C(C(=O)Nc1ccccc1F)CC(=O)N2. The van der Waals surface area contributed by atoms with Gasteiger partial charge in [-0.3, -0.25) is 23.9 Å². The van der Waals surface area contributed by atoms with Crippen LogP contribution in [0, 0.1) is 5.82 Å². The zero-order valence-electron chi connectivity index (χ0n) is 14.4. The summed E-state index contributed by atoms with van der Waals surface area (Å²) in [5, 5.41) is 4.86. The summed E-state index contributed by atoms with van der Waals surface area (Å²) < 4.78 is 19.9. The number of fused-ring (bicyclic) bond motifs is 1. The van der Waals surface area contributed by atoms with Gasteiger partial charge in [-0.1, -0.05) is 12.1 Å². The molecule has 27 heavy (non-hydrogen) atoms. The molecular weight excluding hydrogens is 359 g/mol. The van der Waals surface area contributed by atoms with Gasteiger partial charge >= 0.3 is 5.69 Å². The number of H-pyrrole nitrogens is 1. The third-order valence-electron chi connectivity index (χ3n) is 4.20. The number of carbonyl (C=O) groups is 2. The zero-order chi connectivity index (χ0) is 19.6. The number of aromatic nitrogens is 2. The number of hydrogen-bond donors (Lipinski definition) is 3. The van der Waals surface area contributed by atoms with Crippen molar-refractivity contribution >= 4 is 23.3 Å². The first-order valence-corrected chi connectivity index (χ1v) is 8.13. The minimum absolute atomic E-state index is 0.0502. The van der Waals surface area contributed by atoms with Crippen LogP contribution in [-0.2, 0) is 20.9 Å². The third-order valence-corrected chi connectivity index (χ3v) is 4.20. The van der Waals surface area contributed by atoms with E-state index in [-0.39, 0.29) is 36.6 Å². The van der Waals surface area contributed by atoms with Crippen LogP contribution < -0.4 is 21.9 Å². The van der Waals surface area contributed by atoms with E-state index in [1.54, 1.807) is 0 Å². The van der Waals surface area contributed by atoms with Crippen LogP contribution in [0.3, 0.4) is 0 Å².